The highest BCUT2D eigenvalue weighted by molar-refractivity contribution is 6.10. The van der Waals surface area contributed by atoms with E-state index in [4.69, 9.17) is 5.26 Å². The monoisotopic (exact) mass is 294 g/mol. The van der Waals surface area contributed by atoms with Gasteiger partial charge >= 0.3 is 0 Å². The number of amides is 2. The van der Waals surface area contributed by atoms with Crippen molar-refractivity contribution < 1.29 is 9.59 Å². The first-order valence-electron chi connectivity index (χ1n) is 6.40. The van der Waals surface area contributed by atoms with Crippen LogP contribution in [0.25, 0.3) is 0 Å². The first-order valence-corrected chi connectivity index (χ1v) is 6.40. The summed E-state index contributed by atoms with van der Waals surface area (Å²) in [5.74, 6) is -1.76. The van der Waals surface area contributed by atoms with Gasteiger partial charge < -0.3 is 0 Å². The highest BCUT2D eigenvalue weighted by Crippen LogP contribution is 2.31. The summed E-state index contributed by atoms with van der Waals surface area (Å²) in [4.78, 5) is 29.8. The molecule has 3 rings (SSSR count). The molecule has 2 amide bonds. The Morgan fingerprint density at radius 2 is 1.95 bits per heavy atom. The quantitative estimate of drug-likeness (QED) is 0.488. The average molecular weight is 294 g/mol. The fourth-order valence-electron chi connectivity index (χ4n) is 2.31. The number of nitriles is 1. The lowest BCUT2D eigenvalue weighted by Crippen LogP contribution is -2.43. The molecular weight excluding hydrogens is 284 g/mol. The summed E-state index contributed by atoms with van der Waals surface area (Å²) in [5, 5.41) is 18.4. The van der Waals surface area contributed by atoms with Gasteiger partial charge in [0.15, 0.2) is 11.9 Å². The summed E-state index contributed by atoms with van der Waals surface area (Å²) in [6.07, 6.45) is 1.68. The molecule has 1 aromatic carbocycles. The van der Waals surface area contributed by atoms with Crippen molar-refractivity contribution in [1.82, 2.24) is 20.1 Å². The molecule has 1 N–H and O–H groups in total. The van der Waals surface area contributed by atoms with Crippen molar-refractivity contribution in [2.45, 2.75) is 5.92 Å². The Morgan fingerprint density at radius 3 is 2.64 bits per heavy atom. The Kier molecular flexibility index (Phi) is 3.23. The van der Waals surface area contributed by atoms with E-state index < -0.39 is 17.7 Å². The molecule has 0 saturated heterocycles. The molecule has 0 bridgehead atoms. The van der Waals surface area contributed by atoms with Crippen molar-refractivity contribution in [3.05, 3.63) is 47.3 Å². The number of aromatic nitrogens is 3. The second kappa shape index (κ2) is 5.21. The van der Waals surface area contributed by atoms with Crippen molar-refractivity contribution in [3.8, 4) is 6.19 Å². The highest BCUT2D eigenvalue weighted by atomic mass is 16.2. The molecule has 0 spiro atoms. The Bertz CT molecular complexity index is 799. The number of rotatable bonds is 2. The van der Waals surface area contributed by atoms with Crippen molar-refractivity contribution in [2.75, 3.05) is 12.4 Å². The molecule has 1 aromatic heterocycles. The van der Waals surface area contributed by atoms with Gasteiger partial charge in [0.2, 0.25) is 5.91 Å². The topological polar surface area (TPSA) is 112 Å². The number of imide groups is 1. The molecular formula is C14H10N6O2. The molecule has 0 aliphatic carbocycles. The molecule has 1 aliphatic heterocycles. The van der Waals surface area contributed by atoms with E-state index >= 15 is 0 Å². The van der Waals surface area contributed by atoms with E-state index in [0.29, 0.717) is 5.56 Å². The highest BCUT2D eigenvalue weighted by Gasteiger charge is 2.40. The first-order chi connectivity index (χ1) is 10.6. The van der Waals surface area contributed by atoms with Gasteiger partial charge in [-0.2, -0.15) is 5.26 Å². The molecule has 0 fully saturated rings. The number of carbonyl (C=O) groups excluding carboxylic acids is 2. The van der Waals surface area contributed by atoms with Gasteiger partial charge in [-0.15, -0.1) is 10.2 Å². The van der Waals surface area contributed by atoms with Gasteiger partial charge in [-0.05, 0) is 5.56 Å². The molecule has 22 heavy (non-hydrogen) atoms. The summed E-state index contributed by atoms with van der Waals surface area (Å²) >= 11 is 0. The number of nitrogens with one attached hydrogen (secondary N) is 1. The summed E-state index contributed by atoms with van der Waals surface area (Å²) in [6, 6.07) is 8.96. The molecule has 2 aromatic rings. The number of carbonyl (C=O) groups is 2. The molecule has 0 radical (unpaired) electrons. The third-order valence-corrected chi connectivity index (χ3v) is 3.37. The fourth-order valence-corrected chi connectivity index (χ4v) is 2.31. The minimum atomic E-state index is -0.756. The van der Waals surface area contributed by atoms with E-state index in [9.17, 15) is 9.59 Å². The van der Waals surface area contributed by atoms with E-state index in [1.54, 1.807) is 30.5 Å². The molecule has 1 unspecified atom stereocenters. The lowest BCUT2D eigenvalue weighted by molar-refractivity contribution is -0.128. The maximum Gasteiger partial charge on any atom is 0.282 e. The minimum Gasteiger partial charge on any atom is -0.279 e. The summed E-state index contributed by atoms with van der Waals surface area (Å²) in [6.45, 7) is 0. The number of hydrogen-bond donors (Lipinski definition) is 1. The third-order valence-electron chi connectivity index (χ3n) is 3.37. The van der Waals surface area contributed by atoms with Crippen LogP contribution in [-0.2, 0) is 4.79 Å². The maximum absolute atomic E-state index is 12.5. The molecule has 108 valence electrons. The number of fused-ring (bicyclic) bond motifs is 1. The molecule has 2 heterocycles. The zero-order valence-electron chi connectivity index (χ0n) is 11.5. The second-order valence-corrected chi connectivity index (χ2v) is 4.65. The normalized spacial score (nSPS) is 16.9. The van der Waals surface area contributed by atoms with Crippen LogP contribution >= 0.6 is 0 Å². The van der Waals surface area contributed by atoms with Crippen LogP contribution in [-0.4, -0.2) is 38.9 Å². The number of nitrogens with zero attached hydrogens (tertiary/aromatic N) is 5. The summed E-state index contributed by atoms with van der Waals surface area (Å²) in [7, 11) is 1.40. The maximum atomic E-state index is 12.5. The van der Waals surface area contributed by atoms with Gasteiger partial charge in [0.1, 0.15) is 5.92 Å². The average Bonchev–Trinajstić information content (AvgIpc) is 2.54. The van der Waals surface area contributed by atoms with Gasteiger partial charge in [0.05, 0.1) is 5.69 Å². The van der Waals surface area contributed by atoms with Gasteiger partial charge in [0.25, 0.3) is 11.9 Å². The summed E-state index contributed by atoms with van der Waals surface area (Å²) < 4.78 is 0. The molecule has 8 nitrogen and oxygen atoms in total. The van der Waals surface area contributed by atoms with Gasteiger partial charge in [-0.25, -0.2) is 4.98 Å². The summed E-state index contributed by atoms with van der Waals surface area (Å²) in [5.41, 5.74) is 0.906. The fraction of sp³-hybridized carbons (Fsp3) is 0.143. The Hall–Kier alpha value is -3.34. The molecule has 1 atom stereocenters. The number of likely N-dealkylation sites (N-methyl/N-ethyl adjacent to an activating group) is 1. The standard InChI is InChI=1S/C14H10N6O2/c1-20-12(21)9(8-5-3-2-4-6-8)10-11(13(20)22)18-19-14(17-10)16-7-15/h2-6,9H,1H3,(H,16,17,19). The van der Waals surface area contributed by atoms with Gasteiger partial charge in [0, 0.05) is 7.05 Å². The zero-order valence-corrected chi connectivity index (χ0v) is 11.5. The third kappa shape index (κ3) is 2.05. The van der Waals surface area contributed by atoms with Crippen LogP contribution in [0, 0.1) is 11.5 Å². The van der Waals surface area contributed by atoms with Crippen molar-refractivity contribution >= 4 is 17.8 Å². The molecule has 0 saturated carbocycles. The van der Waals surface area contributed by atoms with Crippen molar-refractivity contribution in [2.24, 2.45) is 0 Å². The Morgan fingerprint density at radius 1 is 1.23 bits per heavy atom. The smallest absolute Gasteiger partial charge is 0.279 e. The van der Waals surface area contributed by atoms with Crippen LogP contribution in [0.15, 0.2) is 30.3 Å². The molecule has 8 heteroatoms. The molecule has 1 aliphatic rings. The predicted molar refractivity (Wildman–Crippen MR) is 74.4 cm³/mol. The van der Waals surface area contributed by atoms with E-state index in [1.807, 2.05) is 6.07 Å². The number of hydrogen-bond acceptors (Lipinski definition) is 7. The van der Waals surface area contributed by atoms with Gasteiger partial charge in [-0.1, -0.05) is 30.3 Å². The van der Waals surface area contributed by atoms with E-state index in [2.05, 4.69) is 20.5 Å². The Labute approximate surface area is 125 Å². The van der Waals surface area contributed by atoms with Crippen LogP contribution in [0.2, 0.25) is 0 Å². The van der Waals surface area contributed by atoms with Crippen molar-refractivity contribution in [1.29, 1.82) is 5.26 Å². The largest absolute Gasteiger partial charge is 0.282 e. The Balaban J connectivity index is 2.21. The van der Waals surface area contributed by atoms with E-state index in [0.717, 1.165) is 4.90 Å². The van der Waals surface area contributed by atoms with Crippen LogP contribution in [0.1, 0.15) is 27.7 Å². The van der Waals surface area contributed by atoms with Crippen LogP contribution in [0.5, 0.6) is 0 Å². The number of benzene rings is 1. The van der Waals surface area contributed by atoms with Gasteiger partial charge in [-0.3, -0.25) is 19.8 Å². The van der Waals surface area contributed by atoms with E-state index in [1.165, 1.54) is 7.05 Å². The van der Waals surface area contributed by atoms with Crippen LogP contribution in [0.3, 0.4) is 0 Å². The zero-order chi connectivity index (χ0) is 15.7. The first kappa shape index (κ1) is 13.6. The lowest BCUT2D eigenvalue weighted by Gasteiger charge is -2.28. The SMILES string of the molecule is CN1C(=O)c2nnc(NC#N)nc2C(c2ccccc2)C1=O. The van der Waals surface area contributed by atoms with Crippen molar-refractivity contribution in [3.63, 3.8) is 0 Å². The predicted octanol–water partition coefficient (Wildman–Crippen LogP) is 0.509. The van der Waals surface area contributed by atoms with Crippen LogP contribution in [0.4, 0.5) is 5.95 Å². The lowest BCUT2D eigenvalue weighted by atomic mass is 9.90. The number of anilines is 1. The van der Waals surface area contributed by atoms with E-state index in [-0.39, 0.29) is 17.3 Å². The van der Waals surface area contributed by atoms with Crippen LogP contribution < -0.4 is 5.32 Å². The minimum absolute atomic E-state index is 0.0134. The second-order valence-electron chi connectivity index (χ2n) is 4.65.